The van der Waals surface area contributed by atoms with Crippen molar-refractivity contribution in [1.29, 1.82) is 0 Å². The fourth-order valence-electron chi connectivity index (χ4n) is 2.70. The molecular weight excluding hydrogens is 264 g/mol. The molecule has 0 spiro atoms. The van der Waals surface area contributed by atoms with Gasteiger partial charge in [-0.2, -0.15) is 0 Å². The molecule has 0 unspecified atom stereocenters. The fourth-order valence-corrected chi connectivity index (χ4v) is 2.70. The van der Waals surface area contributed by atoms with E-state index in [1.165, 1.54) is 11.1 Å². The molecule has 1 aromatic rings. The van der Waals surface area contributed by atoms with E-state index < -0.39 is 5.60 Å². The van der Waals surface area contributed by atoms with Crippen LogP contribution in [-0.2, 0) is 4.74 Å². The van der Waals surface area contributed by atoms with Gasteiger partial charge in [0, 0.05) is 25.0 Å². The van der Waals surface area contributed by atoms with Crippen molar-refractivity contribution in [3.8, 4) is 0 Å². The average molecular weight is 290 g/mol. The number of nitrogens with zero attached hydrogens (tertiary/aromatic N) is 1. The number of rotatable bonds is 1. The summed E-state index contributed by atoms with van der Waals surface area (Å²) in [4.78, 5) is 13.8. The minimum Gasteiger partial charge on any atom is -0.444 e. The lowest BCUT2D eigenvalue weighted by atomic mass is 9.85. The van der Waals surface area contributed by atoms with E-state index in [2.05, 4.69) is 31.2 Å². The normalized spacial score (nSPS) is 23.0. The zero-order chi connectivity index (χ0) is 15.6. The van der Waals surface area contributed by atoms with E-state index in [-0.39, 0.29) is 12.1 Å². The van der Waals surface area contributed by atoms with Gasteiger partial charge in [0.15, 0.2) is 0 Å². The Kier molecular flexibility index (Phi) is 4.57. The third kappa shape index (κ3) is 4.21. The van der Waals surface area contributed by atoms with Crippen LogP contribution in [0.15, 0.2) is 24.3 Å². The highest BCUT2D eigenvalue weighted by atomic mass is 16.6. The van der Waals surface area contributed by atoms with Crippen molar-refractivity contribution in [2.24, 2.45) is 5.73 Å². The quantitative estimate of drug-likeness (QED) is 0.865. The molecule has 4 heteroatoms. The van der Waals surface area contributed by atoms with Crippen molar-refractivity contribution in [2.45, 2.75) is 51.7 Å². The number of hydrogen-bond acceptors (Lipinski definition) is 3. The van der Waals surface area contributed by atoms with Gasteiger partial charge < -0.3 is 15.4 Å². The lowest BCUT2D eigenvalue weighted by Crippen LogP contribution is -2.50. The minimum absolute atomic E-state index is 0.0472. The van der Waals surface area contributed by atoms with E-state index in [1.54, 1.807) is 4.90 Å². The summed E-state index contributed by atoms with van der Waals surface area (Å²) in [6, 6.07) is 8.46. The molecule has 4 nitrogen and oxygen atoms in total. The maximum atomic E-state index is 12.1. The topological polar surface area (TPSA) is 55.6 Å². The Hall–Kier alpha value is -1.55. The summed E-state index contributed by atoms with van der Waals surface area (Å²) in [5.41, 5.74) is 8.34. The molecule has 2 N–H and O–H groups in total. The molecule has 1 aliphatic heterocycles. The lowest BCUT2D eigenvalue weighted by molar-refractivity contribution is 0.0186. The van der Waals surface area contributed by atoms with Gasteiger partial charge in [0.25, 0.3) is 0 Å². The number of nitrogens with two attached hydrogens (primary N) is 1. The van der Waals surface area contributed by atoms with Crippen LogP contribution in [0.4, 0.5) is 4.79 Å². The number of piperidine rings is 1. The number of hydrogen-bond donors (Lipinski definition) is 1. The number of benzene rings is 1. The summed E-state index contributed by atoms with van der Waals surface area (Å²) in [7, 11) is 0. The SMILES string of the molecule is Cc1ccc([C@@H]2CCN(C(=O)OC(C)(C)C)C[C@H]2N)cc1. The maximum Gasteiger partial charge on any atom is 0.410 e. The Morgan fingerprint density at radius 1 is 1.29 bits per heavy atom. The second-order valence-electron chi connectivity index (χ2n) is 6.90. The standard InChI is InChI=1S/C17H26N2O2/c1-12-5-7-13(8-6-12)14-9-10-19(11-15(14)18)16(20)21-17(2,3)4/h5-8,14-15H,9-11,18H2,1-4H3/t14-,15+/m0/s1. The number of carbonyl (C=O) groups excluding carboxylic acids is 1. The van der Waals surface area contributed by atoms with E-state index in [9.17, 15) is 4.79 Å². The minimum atomic E-state index is -0.463. The van der Waals surface area contributed by atoms with Gasteiger partial charge in [-0.3, -0.25) is 0 Å². The lowest BCUT2D eigenvalue weighted by Gasteiger charge is -2.37. The summed E-state index contributed by atoms with van der Waals surface area (Å²) in [5, 5.41) is 0. The van der Waals surface area contributed by atoms with Gasteiger partial charge in [-0.1, -0.05) is 29.8 Å². The van der Waals surface area contributed by atoms with Crippen molar-refractivity contribution < 1.29 is 9.53 Å². The summed E-state index contributed by atoms with van der Waals surface area (Å²) in [6.07, 6.45) is 0.615. The van der Waals surface area contributed by atoms with E-state index in [0.29, 0.717) is 19.0 Å². The largest absolute Gasteiger partial charge is 0.444 e. The van der Waals surface area contributed by atoms with Crippen LogP contribution in [-0.4, -0.2) is 35.7 Å². The Morgan fingerprint density at radius 2 is 1.90 bits per heavy atom. The number of ether oxygens (including phenoxy) is 1. The second kappa shape index (κ2) is 6.06. The fraction of sp³-hybridized carbons (Fsp3) is 0.588. The molecule has 0 aromatic heterocycles. The zero-order valence-corrected chi connectivity index (χ0v) is 13.4. The third-order valence-corrected chi connectivity index (χ3v) is 3.82. The van der Waals surface area contributed by atoms with Crippen molar-refractivity contribution in [3.05, 3.63) is 35.4 Å². The Balaban J connectivity index is 1.99. The number of likely N-dealkylation sites (tertiary alicyclic amines) is 1. The first kappa shape index (κ1) is 15.8. The molecule has 1 heterocycles. The molecule has 1 aliphatic rings. The van der Waals surface area contributed by atoms with Crippen LogP contribution in [0.2, 0.25) is 0 Å². The van der Waals surface area contributed by atoms with Crippen LogP contribution >= 0.6 is 0 Å². The Bertz CT molecular complexity index is 491. The highest BCUT2D eigenvalue weighted by Crippen LogP contribution is 2.28. The van der Waals surface area contributed by atoms with Crippen molar-refractivity contribution in [1.82, 2.24) is 4.90 Å². The molecule has 0 radical (unpaired) electrons. The molecule has 1 saturated heterocycles. The van der Waals surface area contributed by atoms with Gasteiger partial charge in [0.05, 0.1) is 0 Å². The second-order valence-corrected chi connectivity index (χ2v) is 6.90. The molecular formula is C17H26N2O2. The number of amides is 1. The molecule has 1 amide bonds. The van der Waals surface area contributed by atoms with Crippen LogP contribution < -0.4 is 5.73 Å². The van der Waals surface area contributed by atoms with Crippen molar-refractivity contribution >= 4 is 6.09 Å². The first-order valence-electron chi connectivity index (χ1n) is 7.56. The van der Waals surface area contributed by atoms with Gasteiger partial charge >= 0.3 is 6.09 Å². The molecule has 1 fully saturated rings. The van der Waals surface area contributed by atoms with Crippen LogP contribution in [0.3, 0.4) is 0 Å². The Morgan fingerprint density at radius 3 is 2.43 bits per heavy atom. The maximum absolute atomic E-state index is 12.1. The van der Waals surface area contributed by atoms with E-state index in [1.807, 2.05) is 20.8 Å². The predicted molar refractivity (Wildman–Crippen MR) is 84.3 cm³/mol. The number of aryl methyl sites for hydroxylation is 1. The van der Waals surface area contributed by atoms with Crippen molar-refractivity contribution in [2.75, 3.05) is 13.1 Å². The highest BCUT2D eigenvalue weighted by molar-refractivity contribution is 5.68. The first-order chi connectivity index (χ1) is 9.76. The molecule has 21 heavy (non-hydrogen) atoms. The van der Waals surface area contributed by atoms with Gasteiger partial charge in [0.2, 0.25) is 0 Å². The smallest absolute Gasteiger partial charge is 0.410 e. The summed E-state index contributed by atoms with van der Waals surface area (Å²) >= 11 is 0. The van der Waals surface area contributed by atoms with Crippen molar-refractivity contribution in [3.63, 3.8) is 0 Å². The summed E-state index contributed by atoms with van der Waals surface area (Å²) in [5.74, 6) is 0.310. The molecule has 0 bridgehead atoms. The van der Waals surface area contributed by atoms with Crippen LogP contribution in [0.25, 0.3) is 0 Å². The van der Waals surface area contributed by atoms with E-state index in [4.69, 9.17) is 10.5 Å². The molecule has 2 rings (SSSR count). The predicted octanol–water partition coefficient (Wildman–Crippen LogP) is 3.05. The van der Waals surface area contributed by atoms with Crippen LogP contribution in [0.5, 0.6) is 0 Å². The van der Waals surface area contributed by atoms with Gasteiger partial charge in [-0.05, 0) is 39.7 Å². The van der Waals surface area contributed by atoms with E-state index in [0.717, 1.165) is 6.42 Å². The monoisotopic (exact) mass is 290 g/mol. The molecule has 1 aromatic carbocycles. The van der Waals surface area contributed by atoms with Gasteiger partial charge in [0.1, 0.15) is 5.60 Å². The first-order valence-corrected chi connectivity index (χ1v) is 7.56. The molecule has 0 saturated carbocycles. The van der Waals surface area contributed by atoms with Gasteiger partial charge in [-0.15, -0.1) is 0 Å². The van der Waals surface area contributed by atoms with Crippen LogP contribution in [0, 0.1) is 6.92 Å². The molecule has 2 atom stereocenters. The molecule has 116 valence electrons. The summed E-state index contributed by atoms with van der Waals surface area (Å²) in [6.45, 7) is 8.96. The third-order valence-electron chi connectivity index (χ3n) is 3.82. The zero-order valence-electron chi connectivity index (χ0n) is 13.4. The number of carbonyl (C=O) groups is 1. The summed E-state index contributed by atoms with van der Waals surface area (Å²) < 4.78 is 5.41. The molecule has 0 aliphatic carbocycles. The average Bonchev–Trinajstić information content (AvgIpc) is 2.38. The Labute approximate surface area is 127 Å². The van der Waals surface area contributed by atoms with Crippen LogP contribution in [0.1, 0.15) is 44.2 Å². The highest BCUT2D eigenvalue weighted by Gasteiger charge is 2.32. The van der Waals surface area contributed by atoms with Gasteiger partial charge in [-0.25, -0.2) is 4.79 Å². The van der Waals surface area contributed by atoms with E-state index >= 15 is 0 Å².